The molecule has 2 aromatic carbocycles. The van der Waals surface area contributed by atoms with Gasteiger partial charge in [0.25, 0.3) is 5.91 Å². The van der Waals surface area contributed by atoms with Crippen molar-refractivity contribution in [1.29, 1.82) is 0 Å². The van der Waals surface area contributed by atoms with E-state index in [4.69, 9.17) is 10.5 Å². The second-order valence-electron chi connectivity index (χ2n) is 11.0. The van der Waals surface area contributed by atoms with Crippen LogP contribution in [0.25, 0.3) is 0 Å². The molecule has 0 radical (unpaired) electrons. The van der Waals surface area contributed by atoms with Crippen LogP contribution in [0.15, 0.2) is 48.5 Å². The van der Waals surface area contributed by atoms with Gasteiger partial charge < -0.3 is 26.0 Å². The minimum atomic E-state index is -1.14. The number of alkyl carbamates (subject to hydrolysis) is 1. The van der Waals surface area contributed by atoms with Gasteiger partial charge in [0, 0.05) is 18.2 Å². The largest absolute Gasteiger partial charge is 0.444 e. The fraction of sp³-hybridized carbons (Fsp3) is 0.484. The van der Waals surface area contributed by atoms with Crippen LogP contribution in [0.1, 0.15) is 83.5 Å². The predicted octanol–water partition coefficient (Wildman–Crippen LogP) is 5.02. The van der Waals surface area contributed by atoms with Crippen molar-refractivity contribution in [2.24, 2.45) is 5.73 Å². The number of ether oxygens (including phenoxy) is 1. The Bertz CT molecular complexity index is 1170. The second-order valence-corrected chi connectivity index (χ2v) is 11.0. The first kappa shape index (κ1) is 32.3. The highest BCUT2D eigenvalue weighted by molar-refractivity contribution is 5.99. The van der Waals surface area contributed by atoms with Gasteiger partial charge in [-0.05, 0) is 76.6 Å². The Morgan fingerprint density at radius 1 is 1.00 bits per heavy atom. The molecule has 0 saturated heterocycles. The van der Waals surface area contributed by atoms with Gasteiger partial charge >= 0.3 is 6.09 Å². The molecule has 0 bridgehead atoms. The smallest absolute Gasteiger partial charge is 0.408 e. The summed E-state index contributed by atoms with van der Waals surface area (Å²) in [4.78, 5) is 54.1. The summed E-state index contributed by atoms with van der Waals surface area (Å²) in [6.45, 7) is 12.8. The summed E-state index contributed by atoms with van der Waals surface area (Å²) in [5.74, 6) is -1.51. The number of para-hydroxylation sites is 1. The number of nitrogens with two attached hydrogens (primary N) is 1. The van der Waals surface area contributed by atoms with E-state index in [1.807, 2.05) is 70.2 Å². The van der Waals surface area contributed by atoms with Crippen LogP contribution in [-0.4, -0.2) is 46.4 Å². The van der Waals surface area contributed by atoms with Crippen LogP contribution >= 0.6 is 0 Å². The molecule has 0 aliphatic heterocycles. The van der Waals surface area contributed by atoms with Gasteiger partial charge in [0.1, 0.15) is 17.7 Å². The fourth-order valence-electron chi connectivity index (χ4n) is 4.26. The van der Waals surface area contributed by atoms with Crippen LogP contribution in [0, 0.1) is 6.92 Å². The van der Waals surface area contributed by atoms with Gasteiger partial charge in [0.2, 0.25) is 11.8 Å². The number of aryl methyl sites for hydroxylation is 2. The number of anilines is 1. The Hall–Kier alpha value is -3.88. The number of amides is 4. The van der Waals surface area contributed by atoms with E-state index in [0.717, 1.165) is 17.5 Å². The summed E-state index contributed by atoms with van der Waals surface area (Å²) in [6, 6.07) is 12.4. The lowest BCUT2D eigenvalue weighted by Gasteiger charge is -2.38. The minimum absolute atomic E-state index is 0.0404. The van der Waals surface area contributed by atoms with E-state index >= 15 is 0 Å². The summed E-state index contributed by atoms with van der Waals surface area (Å²) in [7, 11) is 0. The Kier molecular flexibility index (Phi) is 11.7. The molecule has 0 saturated carbocycles. The topological polar surface area (TPSA) is 131 Å². The highest BCUT2D eigenvalue weighted by Crippen LogP contribution is 2.29. The monoisotopic (exact) mass is 552 g/mol. The molecule has 0 heterocycles. The molecule has 2 aromatic rings. The van der Waals surface area contributed by atoms with Crippen LogP contribution in [0.3, 0.4) is 0 Å². The average Bonchev–Trinajstić information content (AvgIpc) is 2.89. The molecule has 2 rings (SSSR count). The van der Waals surface area contributed by atoms with Crippen LogP contribution < -0.4 is 16.4 Å². The highest BCUT2D eigenvalue weighted by Gasteiger charge is 2.38. The molecule has 0 spiro atoms. The Morgan fingerprint density at radius 2 is 1.62 bits per heavy atom. The Labute approximate surface area is 237 Å². The normalized spacial score (nSPS) is 13.5. The van der Waals surface area contributed by atoms with Crippen molar-refractivity contribution in [1.82, 2.24) is 10.2 Å². The molecule has 0 fully saturated rings. The van der Waals surface area contributed by atoms with Crippen molar-refractivity contribution >= 4 is 29.5 Å². The fourth-order valence-corrected chi connectivity index (χ4v) is 4.26. The highest BCUT2D eigenvalue weighted by atomic mass is 16.6. The summed E-state index contributed by atoms with van der Waals surface area (Å²) in [6.07, 6.45) is 0.394. The maximum atomic E-state index is 14.2. The lowest BCUT2D eigenvalue weighted by atomic mass is 9.97. The van der Waals surface area contributed by atoms with Gasteiger partial charge in [-0.2, -0.15) is 0 Å². The molecular weight excluding hydrogens is 508 g/mol. The second kappa shape index (κ2) is 14.5. The van der Waals surface area contributed by atoms with E-state index < -0.39 is 41.5 Å². The van der Waals surface area contributed by atoms with Gasteiger partial charge in [0.05, 0.1) is 0 Å². The number of nitrogens with zero attached hydrogens (tertiary/aromatic N) is 1. The number of carbonyl (C=O) groups excluding carboxylic acids is 4. The summed E-state index contributed by atoms with van der Waals surface area (Å²) in [5, 5.41) is 5.61. The molecule has 3 unspecified atom stereocenters. The van der Waals surface area contributed by atoms with Gasteiger partial charge in [-0.3, -0.25) is 14.4 Å². The molecule has 4 N–H and O–H groups in total. The maximum Gasteiger partial charge on any atom is 0.408 e. The lowest BCUT2D eigenvalue weighted by molar-refractivity contribution is -0.143. The first-order valence-electron chi connectivity index (χ1n) is 13.8. The lowest BCUT2D eigenvalue weighted by Crippen LogP contribution is -2.55. The van der Waals surface area contributed by atoms with E-state index in [2.05, 4.69) is 10.6 Å². The van der Waals surface area contributed by atoms with E-state index in [9.17, 15) is 19.2 Å². The van der Waals surface area contributed by atoms with Crippen LogP contribution in [0.4, 0.5) is 10.5 Å². The van der Waals surface area contributed by atoms with Gasteiger partial charge in [-0.25, -0.2) is 4.79 Å². The minimum Gasteiger partial charge on any atom is -0.444 e. The number of hydrogen-bond acceptors (Lipinski definition) is 5. The standard InChI is InChI=1S/C31H44N4O5/c1-8-21(4)35(29(38)25(18-19-26(32)36)34-30(39)40-31(5,6)7)27(23-16-14-22(9-2)15-17-23)28(37)33-24-13-11-10-12-20(24)3/h10-17,21,25,27H,8-9,18-19H2,1-7H3,(H2,32,36)(H,33,37)(H,34,39). The first-order valence-corrected chi connectivity index (χ1v) is 13.8. The number of primary amides is 1. The van der Waals surface area contributed by atoms with Gasteiger partial charge in [0.15, 0.2) is 0 Å². The summed E-state index contributed by atoms with van der Waals surface area (Å²) >= 11 is 0. The van der Waals surface area contributed by atoms with Crippen LogP contribution in [0.5, 0.6) is 0 Å². The van der Waals surface area contributed by atoms with Crippen molar-refractivity contribution in [3.8, 4) is 0 Å². The molecule has 3 atom stereocenters. The van der Waals surface area contributed by atoms with Crippen molar-refractivity contribution in [3.05, 3.63) is 65.2 Å². The number of benzene rings is 2. The van der Waals surface area contributed by atoms with Gasteiger partial charge in [-0.15, -0.1) is 0 Å². The zero-order chi connectivity index (χ0) is 30.0. The molecule has 9 nitrogen and oxygen atoms in total. The zero-order valence-corrected chi connectivity index (χ0v) is 24.7. The van der Waals surface area contributed by atoms with Crippen molar-refractivity contribution < 1.29 is 23.9 Å². The summed E-state index contributed by atoms with van der Waals surface area (Å²) < 4.78 is 5.39. The molecular formula is C31H44N4O5. The van der Waals surface area contributed by atoms with E-state index in [-0.39, 0.29) is 18.9 Å². The molecule has 0 aromatic heterocycles. The number of hydrogen-bond donors (Lipinski definition) is 3. The van der Waals surface area contributed by atoms with Gasteiger partial charge in [-0.1, -0.05) is 56.3 Å². The number of carbonyl (C=O) groups is 4. The molecule has 218 valence electrons. The molecule has 40 heavy (non-hydrogen) atoms. The van der Waals surface area contributed by atoms with Crippen LogP contribution in [-0.2, 0) is 25.5 Å². The van der Waals surface area contributed by atoms with Crippen molar-refractivity contribution in [2.75, 3.05) is 5.32 Å². The van der Waals surface area contributed by atoms with Crippen molar-refractivity contribution in [2.45, 2.75) is 97.9 Å². The van der Waals surface area contributed by atoms with E-state index in [0.29, 0.717) is 17.7 Å². The summed E-state index contributed by atoms with van der Waals surface area (Å²) in [5.41, 5.74) is 7.83. The third-order valence-corrected chi connectivity index (χ3v) is 6.62. The third-order valence-electron chi connectivity index (χ3n) is 6.62. The maximum absolute atomic E-state index is 14.2. The quantitative estimate of drug-likeness (QED) is 0.340. The van der Waals surface area contributed by atoms with Crippen molar-refractivity contribution in [3.63, 3.8) is 0 Å². The molecule has 0 aliphatic rings. The average molecular weight is 553 g/mol. The zero-order valence-electron chi connectivity index (χ0n) is 24.7. The number of rotatable bonds is 12. The SMILES string of the molecule is CCc1ccc(C(C(=O)Nc2ccccc2C)N(C(=O)C(CCC(N)=O)NC(=O)OC(C)(C)C)C(C)CC)cc1. The first-order chi connectivity index (χ1) is 18.8. The number of nitrogens with one attached hydrogen (secondary N) is 2. The Balaban J connectivity index is 2.59. The van der Waals surface area contributed by atoms with E-state index in [1.165, 1.54) is 4.90 Å². The Morgan fingerprint density at radius 3 is 2.15 bits per heavy atom. The molecule has 9 heteroatoms. The third kappa shape index (κ3) is 9.39. The van der Waals surface area contributed by atoms with E-state index in [1.54, 1.807) is 26.8 Å². The predicted molar refractivity (Wildman–Crippen MR) is 157 cm³/mol. The molecule has 0 aliphatic carbocycles. The van der Waals surface area contributed by atoms with Crippen LogP contribution in [0.2, 0.25) is 0 Å². The molecule has 4 amide bonds.